The normalized spacial score (nSPS) is 10.8. The van der Waals surface area contributed by atoms with Crippen LogP contribution < -0.4 is 10.6 Å². The predicted octanol–water partition coefficient (Wildman–Crippen LogP) is 4.61. The highest BCUT2D eigenvalue weighted by Gasteiger charge is 2.12. The van der Waals surface area contributed by atoms with Crippen molar-refractivity contribution in [3.05, 3.63) is 24.0 Å². The van der Waals surface area contributed by atoms with E-state index in [1.807, 2.05) is 0 Å². The van der Waals surface area contributed by atoms with Gasteiger partial charge >= 0.3 is 0 Å². The van der Waals surface area contributed by atoms with Crippen LogP contribution in [0.4, 0.5) is 10.2 Å². The molecule has 0 aliphatic rings. The van der Waals surface area contributed by atoms with E-state index in [1.165, 1.54) is 38.2 Å². The zero-order valence-electron chi connectivity index (χ0n) is 12.8. The number of hydrogen-bond donors (Lipinski definition) is 2. The van der Waals surface area contributed by atoms with Crippen LogP contribution in [0, 0.1) is 5.82 Å². The summed E-state index contributed by atoms with van der Waals surface area (Å²) in [5.41, 5.74) is 0.142. The number of fused-ring (bicyclic) bond motifs is 1. The smallest absolute Gasteiger partial charge is 0.204 e. The lowest BCUT2D eigenvalue weighted by molar-refractivity contribution is 0.443. The monoisotopic (exact) mass is 323 g/mol. The van der Waals surface area contributed by atoms with Crippen LogP contribution in [-0.4, -0.2) is 16.8 Å². The Labute approximate surface area is 135 Å². The van der Waals surface area contributed by atoms with Crippen LogP contribution in [0.3, 0.4) is 0 Å². The predicted molar refractivity (Wildman–Crippen MR) is 91.6 cm³/mol. The molecule has 0 aliphatic carbocycles. The molecule has 2 N–H and O–H groups in total. The van der Waals surface area contributed by atoms with Crippen molar-refractivity contribution in [2.45, 2.75) is 45.4 Å². The van der Waals surface area contributed by atoms with Crippen molar-refractivity contribution >= 4 is 34.1 Å². The number of thiocarbonyl (C=S) groups is 1. The van der Waals surface area contributed by atoms with Gasteiger partial charge in [0.15, 0.2) is 16.7 Å². The maximum absolute atomic E-state index is 13.5. The Morgan fingerprint density at radius 1 is 1.23 bits per heavy atom. The summed E-state index contributed by atoms with van der Waals surface area (Å²) in [5.74, 6) is 0.0129. The standard InChI is InChI=1S/C16H22FN3OS/c1-2-3-4-5-6-7-11-18-16(22)19-15-12-9-8-10-13(17)14(12)21-20-15/h8-10H,2-7,11H2,1H3,(H2,18,19,20,22). The molecule has 0 saturated carbocycles. The average Bonchev–Trinajstić information content (AvgIpc) is 2.91. The van der Waals surface area contributed by atoms with Gasteiger partial charge in [0.05, 0.1) is 5.39 Å². The fraction of sp³-hybridized carbons (Fsp3) is 0.500. The van der Waals surface area contributed by atoms with Gasteiger partial charge in [-0.15, -0.1) is 0 Å². The first-order valence-electron chi connectivity index (χ1n) is 7.81. The molecule has 0 bridgehead atoms. The Balaban J connectivity index is 1.74. The van der Waals surface area contributed by atoms with Crippen molar-refractivity contribution in [3.63, 3.8) is 0 Å². The maximum Gasteiger partial charge on any atom is 0.204 e. The van der Waals surface area contributed by atoms with Gasteiger partial charge in [-0.1, -0.05) is 50.3 Å². The highest BCUT2D eigenvalue weighted by atomic mass is 32.1. The zero-order valence-corrected chi connectivity index (χ0v) is 13.6. The molecule has 2 aromatic rings. The van der Waals surface area contributed by atoms with Gasteiger partial charge in [-0.3, -0.25) is 0 Å². The zero-order chi connectivity index (χ0) is 15.8. The van der Waals surface area contributed by atoms with E-state index in [1.54, 1.807) is 12.1 Å². The van der Waals surface area contributed by atoms with E-state index in [0.717, 1.165) is 13.0 Å². The summed E-state index contributed by atoms with van der Waals surface area (Å²) in [6.07, 6.45) is 7.42. The molecule has 4 nitrogen and oxygen atoms in total. The summed E-state index contributed by atoms with van der Waals surface area (Å²) in [6.45, 7) is 3.03. The number of unbranched alkanes of at least 4 members (excludes halogenated alkanes) is 5. The van der Waals surface area contributed by atoms with Crippen LogP contribution in [0.5, 0.6) is 0 Å². The minimum absolute atomic E-state index is 0.142. The van der Waals surface area contributed by atoms with Gasteiger partial charge < -0.3 is 15.2 Å². The van der Waals surface area contributed by atoms with Crippen LogP contribution in [-0.2, 0) is 0 Å². The largest absolute Gasteiger partial charge is 0.362 e. The van der Waals surface area contributed by atoms with Gasteiger partial charge in [0.1, 0.15) is 0 Å². The summed E-state index contributed by atoms with van der Waals surface area (Å²) in [5, 5.41) is 11.0. The Morgan fingerprint density at radius 2 is 2.00 bits per heavy atom. The van der Waals surface area contributed by atoms with Crippen molar-refractivity contribution < 1.29 is 8.91 Å². The number of anilines is 1. The number of hydrogen-bond acceptors (Lipinski definition) is 3. The van der Waals surface area contributed by atoms with E-state index in [9.17, 15) is 4.39 Å². The first kappa shape index (κ1) is 16.7. The molecular formula is C16H22FN3OS. The Kier molecular flexibility index (Phi) is 6.58. The molecule has 0 amide bonds. The van der Waals surface area contributed by atoms with Crippen LogP contribution in [0.2, 0.25) is 0 Å². The Bertz CT molecular complexity index is 614. The van der Waals surface area contributed by atoms with Crippen LogP contribution >= 0.6 is 12.2 Å². The molecule has 0 atom stereocenters. The van der Waals surface area contributed by atoms with Crippen LogP contribution in [0.15, 0.2) is 22.7 Å². The molecule has 0 fully saturated rings. The first-order valence-corrected chi connectivity index (χ1v) is 8.22. The summed E-state index contributed by atoms with van der Waals surface area (Å²) in [6, 6.07) is 4.70. The highest BCUT2D eigenvalue weighted by molar-refractivity contribution is 7.80. The molecule has 1 aromatic carbocycles. The lowest BCUT2D eigenvalue weighted by atomic mass is 10.1. The molecule has 6 heteroatoms. The lowest BCUT2D eigenvalue weighted by Crippen LogP contribution is -2.29. The van der Waals surface area contributed by atoms with Crippen LogP contribution in [0.25, 0.3) is 11.0 Å². The van der Waals surface area contributed by atoms with E-state index >= 15 is 0 Å². The van der Waals surface area contributed by atoms with Gasteiger partial charge in [0.25, 0.3) is 0 Å². The van der Waals surface area contributed by atoms with Crippen molar-refractivity contribution in [1.82, 2.24) is 10.5 Å². The third-order valence-corrected chi connectivity index (χ3v) is 3.74. The second-order valence-electron chi connectivity index (χ2n) is 5.30. The molecule has 120 valence electrons. The summed E-state index contributed by atoms with van der Waals surface area (Å²) >= 11 is 5.22. The second kappa shape index (κ2) is 8.68. The van der Waals surface area contributed by atoms with E-state index in [0.29, 0.717) is 16.3 Å². The molecule has 0 saturated heterocycles. The third kappa shape index (κ3) is 4.66. The Morgan fingerprint density at radius 3 is 2.82 bits per heavy atom. The number of para-hydroxylation sites is 1. The van der Waals surface area contributed by atoms with Gasteiger partial charge in [-0.05, 0) is 30.8 Å². The molecule has 2 rings (SSSR count). The third-order valence-electron chi connectivity index (χ3n) is 3.50. The van der Waals surface area contributed by atoms with Gasteiger partial charge in [0, 0.05) is 6.54 Å². The van der Waals surface area contributed by atoms with Gasteiger partial charge in [0.2, 0.25) is 5.58 Å². The fourth-order valence-corrected chi connectivity index (χ4v) is 2.48. The van der Waals surface area contributed by atoms with Gasteiger partial charge in [-0.2, -0.15) is 0 Å². The quantitative estimate of drug-likeness (QED) is 0.548. The average molecular weight is 323 g/mol. The van der Waals surface area contributed by atoms with E-state index in [4.69, 9.17) is 16.7 Å². The number of nitrogens with zero attached hydrogens (tertiary/aromatic N) is 1. The van der Waals surface area contributed by atoms with Crippen molar-refractivity contribution in [3.8, 4) is 0 Å². The minimum Gasteiger partial charge on any atom is -0.362 e. The van der Waals surface area contributed by atoms with Crippen molar-refractivity contribution in [1.29, 1.82) is 0 Å². The summed E-state index contributed by atoms with van der Waals surface area (Å²) < 4.78 is 18.5. The van der Waals surface area contributed by atoms with E-state index < -0.39 is 5.82 Å². The second-order valence-corrected chi connectivity index (χ2v) is 5.70. The number of nitrogens with one attached hydrogen (secondary N) is 2. The number of aromatic nitrogens is 1. The Hall–Kier alpha value is -1.69. The molecule has 0 spiro atoms. The molecule has 22 heavy (non-hydrogen) atoms. The topological polar surface area (TPSA) is 50.1 Å². The first-order chi connectivity index (χ1) is 10.7. The molecule has 1 aromatic heterocycles. The SMILES string of the molecule is CCCCCCCCNC(=S)Nc1noc2c(F)cccc12. The van der Waals surface area contributed by atoms with Crippen molar-refractivity contribution in [2.75, 3.05) is 11.9 Å². The molecule has 0 radical (unpaired) electrons. The van der Waals surface area contributed by atoms with Gasteiger partial charge in [-0.25, -0.2) is 4.39 Å². The fourth-order valence-electron chi connectivity index (χ4n) is 2.28. The molecule has 0 unspecified atom stereocenters. The number of benzene rings is 1. The molecular weight excluding hydrogens is 301 g/mol. The van der Waals surface area contributed by atoms with Crippen LogP contribution in [0.1, 0.15) is 45.4 Å². The van der Waals surface area contributed by atoms with E-state index in [-0.39, 0.29) is 5.58 Å². The lowest BCUT2D eigenvalue weighted by Gasteiger charge is -2.08. The summed E-state index contributed by atoms with van der Waals surface area (Å²) in [7, 11) is 0. The van der Waals surface area contributed by atoms with Crippen molar-refractivity contribution in [2.24, 2.45) is 0 Å². The van der Waals surface area contributed by atoms with E-state index in [2.05, 4.69) is 22.7 Å². The minimum atomic E-state index is -0.427. The molecule has 1 heterocycles. The number of halogens is 1. The highest BCUT2D eigenvalue weighted by Crippen LogP contribution is 2.24. The number of rotatable bonds is 8. The summed E-state index contributed by atoms with van der Waals surface area (Å²) in [4.78, 5) is 0. The molecule has 0 aliphatic heterocycles. The maximum atomic E-state index is 13.5.